The van der Waals surface area contributed by atoms with Gasteiger partial charge in [-0.15, -0.1) is 11.6 Å². The smallest absolute Gasteiger partial charge is 0.0223 e. The van der Waals surface area contributed by atoms with Crippen LogP contribution in [0.5, 0.6) is 0 Å². The van der Waals surface area contributed by atoms with Gasteiger partial charge in [0.05, 0.1) is 0 Å². The highest BCUT2D eigenvalue weighted by atomic mass is 35.5. The van der Waals surface area contributed by atoms with Gasteiger partial charge in [-0.05, 0) is 25.3 Å². The van der Waals surface area contributed by atoms with Crippen LogP contribution in [0.1, 0.15) is 64.7 Å². The minimum absolute atomic E-state index is 0.820. The van der Waals surface area contributed by atoms with Crippen molar-refractivity contribution in [2.75, 3.05) is 5.88 Å². The van der Waals surface area contributed by atoms with E-state index in [4.69, 9.17) is 11.6 Å². The molecule has 1 heteroatoms. The van der Waals surface area contributed by atoms with Crippen molar-refractivity contribution in [1.29, 1.82) is 0 Å². The number of unbranched alkanes of at least 4 members (excludes halogenated alkanes) is 7. The maximum Gasteiger partial charge on any atom is 0.0223 e. The number of hydrogen-bond donors (Lipinski definition) is 0. The molecular weight excluding hydrogens is 216 g/mol. The standard InChI is InChI=1S/C15H25Cl/c1-2-3-4-5-6-7-8-9-10-11-12-13-14-15-16/h3-4H,2,7-15H2,1H3/b4-3-. The summed E-state index contributed by atoms with van der Waals surface area (Å²) >= 11 is 5.61. The Labute approximate surface area is 106 Å². The summed E-state index contributed by atoms with van der Waals surface area (Å²) in [6, 6.07) is 0. The SMILES string of the molecule is CC/C=C\C#CCCCCCCCCCCl. The monoisotopic (exact) mass is 240 g/mol. The minimum Gasteiger partial charge on any atom is -0.127 e. The fourth-order valence-corrected chi connectivity index (χ4v) is 1.69. The first kappa shape index (κ1) is 15.6. The van der Waals surface area contributed by atoms with Crippen LogP contribution >= 0.6 is 11.6 Å². The van der Waals surface area contributed by atoms with Crippen molar-refractivity contribution in [3.63, 3.8) is 0 Å². The average Bonchev–Trinajstić information content (AvgIpc) is 2.31. The van der Waals surface area contributed by atoms with Gasteiger partial charge in [-0.1, -0.05) is 56.9 Å². The molecule has 92 valence electrons. The minimum atomic E-state index is 0.820. The predicted molar refractivity (Wildman–Crippen MR) is 74.9 cm³/mol. The summed E-state index contributed by atoms with van der Waals surface area (Å²) in [6.45, 7) is 2.13. The third-order valence-electron chi connectivity index (χ3n) is 2.47. The third kappa shape index (κ3) is 13.6. The van der Waals surface area contributed by atoms with Crippen molar-refractivity contribution >= 4 is 11.6 Å². The van der Waals surface area contributed by atoms with Gasteiger partial charge in [-0.3, -0.25) is 0 Å². The molecule has 0 amide bonds. The zero-order valence-electron chi connectivity index (χ0n) is 10.6. The largest absolute Gasteiger partial charge is 0.127 e. The highest BCUT2D eigenvalue weighted by Gasteiger charge is 1.90. The molecule has 0 aromatic rings. The Balaban J connectivity index is 3.08. The van der Waals surface area contributed by atoms with Gasteiger partial charge in [-0.25, -0.2) is 0 Å². The van der Waals surface area contributed by atoms with E-state index in [2.05, 4.69) is 24.8 Å². The molecule has 0 heterocycles. The fourth-order valence-electron chi connectivity index (χ4n) is 1.50. The van der Waals surface area contributed by atoms with Crippen LogP contribution in [0.25, 0.3) is 0 Å². The Kier molecular flexibility index (Phi) is 14.2. The van der Waals surface area contributed by atoms with E-state index in [0.29, 0.717) is 0 Å². The van der Waals surface area contributed by atoms with Crippen LogP contribution in [0.3, 0.4) is 0 Å². The Morgan fingerprint density at radius 3 is 2.19 bits per heavy atom. The lowest BCUT2D eigenvalue weighted by Gasteiger charge is -1.98. The zero-order chi connectivity index (χ0) is 11.9. The van der Waals surface area contributed by atoms with E-state index in [0.717, 1.165) is 18.7 Å². The fraction of sp³-hybridized carbons (Fsp3) is 0.733. The highest BCUT2D eigenvalue weighted by Crippen LogP contribution is 2.08. The molecule has 0 saturated heterocycles. The number of allylic oxidation sites excluding steroid dienone is 2. The van der Waals surface area contributed by atoms with Crippen LogP contribution < -0.4 is 0 Å². The van der Waals surface area contributed by atoms with Gasteiger partial charge in [0.1, 0.15) is 0 Å². The van der Waals surface area contributed by atoms with Crippen molar-refractivity contribution in [2.24, 2.45) is 0 Å². The number of rotatable bonds is 9. The molecular formula is C15H25Cl. The normalized spacial score (nSPS) is 10.4. The molecule has 0 nitrogen and oxygen atoms in total. The summed E-state index contributed by atoms with van der Waals surface area (Å²) in [5.41, 5.74) is 0. The van der Waals surface area contributed by atoms with Crippen LogP contribution in [-0.2, 0) is 0 Å². The van der Waals surface area contributed by atoms with Gasteiger partial charge in [0.25, 0.3) is 0 Å². The van der Waals surface area contributed by atoms with Crippen molar-refractivity contribution < 1.29 is 0 Å². The predicted octanol–water partition coefficient (Wildman–Crippen LogP) is 5.32. The Morgan fingerprint density at radius 1 is 0.938 bits per heavy atom. The van der Waals surface area contributed by atoms with E-state index in [1.807, 2.05) is 6.08 Å². The van der Waals surface area contributed by atoms with Crippen LogP contribution in [0, 0.1) is 11.8 Å². The van der Waals surface area contributed by atoms with E-state index >= 15 is 0 Å². The summed E-state index contributed by atoms with van der Waals surface area (Å²) in [5.74, 6) is 7.06. The highest BCUT2D eigenvalue weighted by molar-refractivity contribution is 6.17. The lowest BCUT2D eigenvalue weighted by molar-refractivity contribution is 0.595. The molecule has 0 N–H and O–H groups in total. The molecule has 0 aliphatic heterocycles. The molecule has 0 aromatic heterocycles. The summed E-state index contributed by atoms with van der Waals surface area (Å²) in [6.07, 6.45) is 15.3. The molecule has 0 radical (unpaired) electrons. The van der Waals surface area contributed by atoms with Crippen molar-refractivity contribution in [3.05, 3.63) is 12.2 Å². The van der Waals surface area contributed by atoms with E-state index < -0.39 is 0 Å². The Morgan fingerprint density at radius 2 is 1.56 bits per heavy atom. The molecule has 0 aromatic carbocycles. The topological polar surface area (TPSA) is 0 Å². The molecule has 0 rings (SSSR count). The van der Waals surface area contributed by atoms with Gasteiger partial charge in [0, 0.05) is 12.3 Å². The second-order valence-electron chi connectivity index (χ2n) is 4.05. The first-order valence-corrected chi connectivity index (χ1v) is 7.14. The lowest BCUT2D eigenvalue weighted by atomic mass is 10.1. The number of alkyl halides is 1. The molecule has 16 heavy (non-hydrogen) atoms. The van der Waals surface area contributed by atoms with Gasteiger partial charge >= 0.3 is 0 Å². The quantitative estimate of drug-likeness (QED) is 0.291. The molecule has 0 unspecified atom stereocenters. The van der Waals surface area contributed by atoms with E-state index in [9.17, 15) is 0 Å². The molecule has 0 aliphatic carbocycles. The van der Waals surface area contributed by atoms with E-state index in [1.54, 1.807) is 0 Å². The van der Waals surface area contributed by atoms with Crippen molar-refractivity contribution in [2.45, 2.75) is 64.7 Å². The van der Waals surface area contributed by atoms with Crippen molar-refractivity contribution in [3.8, 4) is 11.8 Å². The summed E-state index contributed by atoms with van der Waals surface area (Å²) in [4.78, 5) is 0. The maximum atomic E-state index is 5.61. The molecule has 0 bridgehead atoms. The second-order valence-corrected chi connectivity index (χ2v) is 4.42. The maximum absolute atomic E-state index is 5.61. The first-order valence-electron chi connectivity index (χ1n) is 6.61. The molecule has 0 spiro atoms. The number of hydrogen-bond acceptors (Lipinski definition) is 0. The lowest BCUT2D eigenvalue weighted by Crippen LogP contribution is -1.81. The molecule has 0 aliphatic rings. The number of halogens is 1. The molecule has 0 fully saturated rings. The molecule has 0 atom stereocenters. The van der Waals surface area contributed by atoms with Crippen LogP contribution in [-0.4, -0.2) is 5.88 Å². The van der Waals surface area contributed by atoms with Crippen LogP contribution in [0.15, 0.2) is 12.2 Å². The van der Waals surface area contributed by atoms with Crippen LogP contribution in [0.2, 0.25) is 0 Å². The summed E-state index contributed by atoms with van der Waals surface area (Å²) in [5, 5.41) is 0. The zero-order valence-corrected chi connectivity index (χ0v) is 11.4. The third-order valence-corrected chi connectivity index (χ3v) is 2.74. The van der Waals surface area contributed by atoms with Gasteiger partial charge in [0.15, 0.2) is 0 Å². The Hall–Kier alpha value is -0.410. The summed E-state index contributed by atoms with van der Waals surface area (Å²) < 4.78 is 0. The Bertz CT molecular complexity index is 207. The van der Waals surface area contributed by atoms with Gasteiger partial charge in [-0.2, -0.15) is 0 Å². The van der Waals surface area contributed by atoms with E-state index in [1.165, 1.54) is 44.9 Å². The first-order chi connectivity index (χ1) is 7.91. The van der Waals surface area contributed by atoms with E-state index in [-0.39, 0.29) is 0 Å². The van der Waals surface area contributed by atoms with Gasteiger partial charge < -0.3 is 0 Å². The van der Waals surface area contributed by atoms with Crippen LogP contribution in [0.4, 0.5) is 0 Å². The average molecular weight is 241 g/mol. The summed E-state index contributed by atoms with van der Waals surface area (Å²) in [7, 11) is 0. The van der Waals surface area contributed by atoms with Gasteiger partial charge in [0.2, 0.25) is 0 Å². The molecule has 0 saturated carbocycles. The second kappa shape index (κ2) is 14.6. The van der Waals surface area contributed by atoms with Crippen molar-refractivity contribution in [1.82, 2.24) is 0 Å².